The van der Waals surface area contributed by atoms with Crippen molar-refractivity contribution in [3.63, 3.8) is 0 Å². The molecule has 4 aromatic rings. The second-order valence-electron chi connectivity index (χ2n) is 9.18. The summed E-state index contributed by atoms with van der Waals surface area (Å²) in [5.41, 5.74) is 2.84. The van der Waals surface area contributed by atoms with Gasteiger partial charge in [-0.15, -0.1) is 0 Å². The van der Waals surface area contributed by atoms with E-state index in [4.69, 9.17) is 11.6 Å². The molecule has 1 aliphatic carbocycles. The first-order chi connectivity index (χ1) is 17.4. The Morgan fingerprint density at radius 3 is 2.17 bits per heavy atom. The minimum absolute atomic E-state index is 0.172. The van der Waals surface area contributed by atoms with Crippen LogP contribution in [-0.2, 0) is 4.79 Å². The van der Waals surface area contributed by atoms with Gasteiger partial charge in [0.15, 0.2) is 5.41 Å². The van der Waals surface area contributed by atoms with Crippen molar-refractivity contribution in [1.29, 1.82) is 0 Å². The molecule has 0 fully saturated rings. The Morgan fingerprint density at radius 2 is 1.56 bits per heavy atom. The van der Waals surface area contributed by atoms with Gasteiger partial charge in [0, 0.05) is 22.1 Å². The summed E-state index contributed by atoms with van der Waals surface area (Å²) >= 11 is 6.11. The van der Waals surface area contributed by atoms with Crippen molar-refractivity contribution in [2.45, 2.75) is 25.7 Å². The fraction of sp³-hybridized carbons (Fsp3) is 0.167. The third-order valence-corrected chi connectivity index (χ3v) is 7.18. The van der Waals surface area contributed by atoms with Crippen molar-refractivity contribution in [2.24, 2.45) is 5.41 Å². The molecule has 1 aromatic heterocycles. The van der Waals surface area contributed by atoms with Crippen molar-refractivity contribution in [3.8, 4) is 22.5 Å². The van der Waals surface area contributed by atoms with Gasteiger partial charge in [-0.25, -0.2) is 0 Å². The summed E-state index contributed by atoms with van der Waals surface area (Å²) in [6, 6.07) is 27.9. The third kappa shape index (κ3) is 4.16. The lowest BCUT2D eigenvalue weighted by atomic mass is 9.64. The fourth-order valence-corrected chi connectivity index (χ4v) is 5.10. The van der Waals surface area contributed by atoms with Gasteiger partial charge in [0.2, 0.25) is 0 Å². The van der Waals surface area contributed by atoms with Gasteiger partial charge in [0.1, 0.15) is 0 Å². The first-order valence-electron chi connectivity index (χ1n) is 11.8. The summed E-state index contributed by atoms with van der Waals surface area (Å²) in [5, 5.41) is 15.9. The molecular weight excluding hydrogens is 472 g/mol. The molecule has 2 atom stereocenters. The number of allylic oxidation sites excluding steroid dienone is 2. The zero-order chi connectivity index (χ0) is 25.3. The maximum atomic E-state index is 14.4. The minimum atomic E-state index is -1.73. The Morgan fingerprint density at radius 1 is 0.944 bits per heavy atom. The van der Waals surface area contributed by atoms with Gasteiger partial charge in [-0.05, 0) is 43.5 Å². The van der Waals surface area contributed by atoms with Crippen molar-refractivity contribution < 1.29 is 14.7 Å². The Kier molecular flexibility index (Phi) is 6.33. The summed E-state index contributed by atoms with van der Waals surface area (Å²) in [6.07, 6.45) is 2.59. The van der Waals surface area contributed by atoms with E-state index in [1.807, 2.05) is 79.7 Å². The molecule has 180 valence electrons. The van der Waals surface area contributed by atoms with E-state index in [9.17, 15) is 14.7 Å². The van der Waals surface area contributed by atoms with E-state index in [1.54, 1.807) is 24.3 Å². The summed E-state index contributed by atoms with van der Waals surface area (Å²) in [6.45, 7) is 1.97. The number of hydrogen-bond acceptors (Lipinski definition) is 3. The lowest BCUT2D eigenvalue weighted by Crippen LogP contribution is -2.48. The topological polar surface area (TPSA) is 72.2 Å². The number of halogens is 1. The van der Waals surface area contributed by atoms with E-state index < -0.39 is 23.2 Å². The maximum Gasteiger partial charge on any atom is 0.320 e. The van der Waals surface area contributed by atoms with Crippen LogP contribution >= 0.6 is 11.6 Å². The molecule has 1 unspecified atom stereocenters. The lowest BCUT2D eigenvalue weighted by Gasteiger charge is -2.38. The van der Waals surface area contributed by atoms with Crippen molar-refractivity contribution in [1.82, 2.24) is 9.78 Å². The van der Waals surface area contributed by atoms with E-state index in [0.717, 1.165) is 22.3 Å². The molecule has 0 bridgehead atoms. The summed E-state index contributed by atoms with van der Waals surface area (Å²) < 4.78 is 1.29. The molecule has 36 heavy (non-hydrogen) atoms. The van der Waals surface area contributed by atoms with Crippen LogP contribution in [0.3, 0.4) is 0 Å². The predicted molar refractivity (Wildman–Crippen MR) is 141 cm³/mol. The second kappa shape index (κ2) is 9.59. The Balaban J connectivity index is 1.71. The van der Waals surface area contributed by atoms with E-state index in [-0.39, 0.29) is 6.42 Å². The van der Waals surface area contributed by atoms with Crippen LogP contribution in [0.2, 0.25) is 5.02 Å². The molecule has 5 rings (SSSR count). The van der Waals surface area contributed by atoms with Gasteiger partial charge in [-0.3, -0.25) is 9.59 Å². The minimum Gasteiger partial charge on any atom is -0.480 e. The number of rotatable bonds is 5. The van der Waals surface area contributed by atoms with Gasteiger partial charge in [0.25, 0.3) is 5.91 Å². The smallest absolute Gasteiger partial charge is 0.320 e. The molecule has 6 heteroatoms. The fourth-order valence-electron chi connectivity index (χ4n) is 4.97. The first kappa shape index (κ1) is 23.8. The average Bonchev–Trinajstić information content (AvgIpc) is 3.35. The standard InChI is InChI=1S/C30H25ClN2O3/c1-20-16-17-30(29(35)36,25(18-20)21-12-14-24(31)15-13-21)28(34)33-27(23-10-6-3-7-11-23)19-26(32-33)22-8-4-2-5-9-22/h2-15,18-19,25H,16-17H2,1H3,(H,35,36)/t25?,30-/m0/s1. The van der Waals surface area contributed by atoms with Gasteiger partial charge in [-0.2, -0.15) is 9.78 Å². The van der Waals surface area contributed by atoms with Gasteiger partial charge in [-0.1, -0.05) is 96.0 Å². The molecule has 0 spiro atoms. The molecule has 0 amide bonds. The molecule has 0 aliphatic heterocycles. The van der Waals surface area contributed by atoms with E-state index in [2.05, 4.69) is 5.10 Å². The lowest BCUT2D eigenvalue weighted by molar-refractivity contribution is -0.147. The highest BCUT2D eigenvalue weighted by molar-refractivity contribution is 6.30. The number of aromatic nitrogens is 2. The van der Waals surface area contributed by atoms with Crippen LogP contribution < -0.4 is 0 Å². The molecule has 5 nitrogen and oxygen atoms in total. The van der Waals surface area contributed by atoms with Crippen LogP contribution in [0.5, 0.6) is 0 Å². The number of hydrogen-bond donors (Lipinski definition) is 1. The Labute approximate surface area is 214 Å². The Hall–Kier alpha value is -3.96. The molecule has 0 saturated heterocycles. The predicted octanol–water partition coefficient (Wildman–Crippen LogP) is 7.11. The van der Waals surface area contributed by atoms with Gasteiger partial charge >= 0.3 is 5.97 Å². The van der Waals surface area contributed by atoms with Crippen molar-refractivity contribution >= 4 is 23.5 Å². The van der Waals surface area contributed by atoms with E-state index in [0.29, 0.717) is 22.8 Å². The number of nitrogens with zero attached hydrogens (tertiary/aromatic N) is 2. The van der Waals surface area contributed by atoms with E-state index in [1.165, 1.54) is 4.68 Å². The molecule has 1 N–H and O–H groups in total. The number of carboxylic acid groups (broad SMARTS) is 1. The maximum absolute atomic E-state index is 14.4. The molecule has 0 radical (unpaired) electrons. The van der Waals surface area contributed by atoms with Crippen LogP contribution in [0.15, 0.2) is 103 Å². The Bertz CT molecular complexity index is 1440. The van der Waals surface area contributed by atoms with Crippen molar-refractivity contribution in [3.05, 3.63) is 113 Å². The number of carboxylic acids is 1. The van der Waals surface area contributed by atoms with Crippen LogP contribution in [0.4, 0.5) is 0 Å². The number of carbonyl (C=O) groups excluding carboxylic acids is 1. The molecule has 1 heterocycles. The zero-order valence-corrected chi connectivity index (χ0v) is 20.5. The van der Waals surface area contributed by atoms with Crippen LogP contribution in [0.1, 0.15) is 36.0 Å². The SMILES string of the molecule is CC1=CC(c2ccc(Cl)cc2)[C@](C(=O)O)(C(=O)n2nc(-c3ccccc3)cc2-c2ccccc2)CC1. The van der Waals surface area contributed by atoms with Crippen molar-refractivity contribution in [2.75, 3.05) is 0 Å². The highest BCUT2D eigenvalue weighted by Crippen LogP contribution is 2.48. The average molecular weight is 497 g/mol. The summed E-state index contributed by atoms with van der Waals surface area (Å²) in [5.74, 6) is -2.38. The highest BCUT2D eigenvalue weighted by Gasteiger charge is 2.55. The normalized spacial score (nSPS) is 19.5. The van der Waals surface area contributed by atoms with E-state index >= 15 is 0 Å². The molecular formula is C30H25ClN2O3. The summed E-state index contributed by atoms with van der Waals surface area (Å²) in [7, 11) is 0. The molecule has 1 aliphatic rings. The quantitative estimate of drug-likeness (QED) is 0.236. The number of benzene rings is 3. The largest absolute Gasteiger partial charge is 0.480 e. The molecule has 0 saturated carbocycles. The van der Waals surface area contributed by atoms with Crippen LogP contribution in [0, 0.1) is 5.41 Å². The summed E-state index contributed by atoms with van der Waals surface area (Å²) in [4.78, 5) is 27.5. The monoisotopic (exact) mass is 496 g/mol. The van der Waals surface area contributed by atoms with Gasteiger partial charge in [0.05, 0.1) is 11.4 Å². The molecule has 3 aromatic carbocycles. The first-order valence-corrected chi connectivity index (χ1v) is 12.2. The third-order valence-electron chi connectivity index (χ3n) is 6.93. The zero-order valence-electron chi connectivity index (χ0n) is 19.8. The number of aliphatic carboxylic acids is 1. The number of carbonyl (C=O) groups is 2. The second-order valence-corrected chi connectivity index (χ2v) is 9.62. The van der Waals surface area contributed by atoms with Crippen LogP contribution in [-0.4, -0.2) is 26.8 Å². The highest BCUT2D eigenvalue weighted by atomic mass is 35.5. The van der Waals surface area contributed by atoms with Gasteiger partial charge < -0.3 is 5.11 Å². The van der Waals surface area contributed by atoms with Crippen LogP contribution in [0.25, 0.3) is 22.5 Å².